The van der Waals surface area contributed by atoms with Gasteiger partial charge in [0.1, 0.15) is 5.82 Å². The van der Waals surface area contributed by atoms with Crippen LogP contribution in [0, 0.1) is 12.7 Å². The Balaban J connectivity index is 2.20. The number of nitrogens with one attached hydrogen (secondary N) is 1. The molecular formula is C12H17FN2O4S2. The monoisotopic (exact) mass is 336 g/mol. The molecular weight excluding hydrogens is 319 g/mol. The average Bonchev–Trinajstić information content (AvgIpc) is 2.72. The summed E-state index contributed by atoms with van der Waals surface area (Å²) in [4.78, 5) is -0.172. The van der Waals surface area contributed by atoms with E-state index in [9.17, 15) is 21.2 Å². The minimum Gasteiger partial charge on any atom is -0.396 e. The zero-order valence-corrected chi connectivity index (χ0v) is 13.1. The van der Waals surface area contributed by atoms with Crippen molar-refractivity contribution in [1.82, 2.24) is 4.72 Å². The summed E-state index contributed by atoms with van der Waals surface area (Å²) in [6, 6.07) is 2.19. The van der Waals surface area contributed by atoms with E-state index in [0.29, 0.717) is 12.8 Å². The average molecular weight is 336 g/mol. The van der Waals surface area contributed by atoms with E-state index in [4.69, 9.17) is 5.73 Å². The van der Waals surface area contributed by atoms with Crippen molar-refractivity contribution in [1.29, 1.82) is 0 Å². The molecule has 9 heteroatoms. The summed E-state index contributed by atoms with van der Waals surface area (Å²) in [5.41, 5.74) is 5.27. The van der Waals surface area contributed by atoms with Crippen LogP contribution in [0.2, 0.25) is 0 Å². The lowest BCUT2D eigenvalue weighted by Crippen LogP contribution is -2.34. The second-order valence-electron chi connectivity index (χ2n) is 5.13. The van der Waals surface area contributed by atoms with Crippen LogP contribution in [-0.2, 0) is 19.9 Å². The lowest BCUT2D eigenvalue weighted by molar-refractivity contribution is 0.570. The molecule has 1 aliphatic rings. The second kappa shape index (κ2) is 5.54. The molecule has 0 aromatic heterocycles. The quantitative estimate of drug-likeness (QED) is 0.782. The predicted molar refractivity (Wildman–Crippen MR) is 77.5 cm³/mol. The minimum atomic E-state index is -3.92. The van der Waals surface area contributed by atoms with E-state index in [1.807, 2.05) is 0 Å². The van der Waals surface area contributed by atoms with E-state index in [1.165, 1.54) is 6.92 Å². The maximum Gasteiger partial charge on any atom is 0.240 e. The van der Waals surface area contributed by atoms with Gasteiger partial charge < -0.3 is 5.73 Å². The van der Waals surface area contributed by atoms with Crippen molar-refractivity contribution in [2.45, 2.75) is 29.9 Å². The lowest BCUT2D eigenvalue weighted by Gasteiger charge is -2.12. The van der Waals surface area contributed by atoms with E-state index in [1.54, 1.807) is 0 Å². The third-order valence-electron chi connectivity index (χ3n) is 3.53. The Labute approximate surface area is 123 Å². The third kappa shape index (κ3) is 3.35. The highest BCUT2D eigenvalue weighted by Gasteiger charge is 2.32. The third-order valence-corrected chi connectivity index (χ3v) is 7.21. The van der Waals surface area contributed by atoms with Crippen molar-refractivity contribution in [2.75, 3.05) is 18.0 Å². The normalized spacial score (nSPS) is 21.5. The molecule has 0 bridgehead atoms. The van der Waals surface area contributed by atoms with Crippen LogP contribution >= 0.6 is 0 Å². The van der Waals surface area contributed by atoms with Crippen molar-refractivity contribution in [3.8, 4) is 0 Å². The number of hydrogen-bond donors (Lipinski definition) is 2. The Morgan fingerprint density at radius 3 is 2.62 bits per heavy atom. The van der Waals surface area contributed by atoms with Crippen LogP contribution in [0.25, 0.3) is 0 Å². The van der Waals surface area contributed by atoms with Crippen molar-refractivity contribution in [2.24, 2.45) is 0 Å². The molecule has 1 aromatic rings. The fourth-order valence-electron chi connectivity index (χ4n) is 2.29. The standard InChI is InChI=1S/C12H17FN2O4S2/c1-8-5-10(6-11(14)12(8)13)21(18,19)15-7-9-3-2-4-20(9,16)17/h5-6,9,15H,2-4,7,14H2,1H3. The molecule has 0 radical (unpaired) electrons. The van der Waals surface area contributed by atoms with Crippen LogP contribution in [0.3, 0.4) is 0 Å². The minimum absolute atomic E-state index is 0.0853. The SMILES string of the molecule is Cc1cc(S(=O)(=O)NCC2CCCS2(=O)=O)cc(N)c1F. The Morgan fingerprint density at radius 1 is 1.43 bits per heavy atom. The number of nitrogens with two attached hydrogens (primary N) is 1. The highest BCUT2D eigenvalue weighted by molar-refractivity contribution is 7.92. The molecule has 1 saturated heterocycles. The van der Waals surface area contributed by atoms with E-state index in [0.717, 1.165) is 12.1 Å². The molecule has 1 atom stereocenters. The van der Waals surface area contributed by atoms with Crippen LogP contribution in [-0.4, -0.2) is 34.4 Å². The Morgan fingerprint density at radius 2 is 2.10 bits per heavy atom. The summed E-state index contributed by atoms with van der Waals surface area (Å²) in [7, 11) is -7.15. The molecule has 1 aromatic carbocycles. The number of halogens is 1. The summed E-state index contributed by atoms with van der Waals surface area (Å²) < 4.78 is 63.3. The first kappa shape index (κ1) is 16.2. The van der Waals surface area contributed by atoms with Gasteiger partial charge in [0, 0.05) is 6.54 Å². The molecule has 3 N–H and O–H groups in total. The summed E-state index contributed by atoms with van der Waals surface area (Å²) in [6.07, 6.45) is 0.979. The van der Waals surface area contributed by atoms with Crippen molar-refractivity contribution in [3.63, 3.8) is 0 Å². The molecule has 0 spiro atoms. The van der Waals surface area contributed by atoms with Crippen molar-refractivity contribution in [3.05, 3.63) is 23.5 Å². The van der Waals surface area contributed by atoms with Gasteiger partial charge in [-0.2, -0.15) is 0 Å². The molecule has 1 unspecified atom stereocenters. The van der Waals surface area contributed by atoms with Gasteiger partial charge in [-0.05, 0) is 37.5 Å². The summed E-state index contributed by atoms with van der Waals surface area (Å²) in [5.74, 6) is -0.575. The predicted octanol–water partition coefficient (Wildman–Crippen LogP) is 0.572. The highest BCUT2D eigenvalue weighted by Crippen LogP contribution is 2.22. The van der Waals surface area contributed by atoms with Crippen LogP contribution in [0.5, 0.6) is 0 Å². The number of benzene rings is 1. The zero-order valence-electron chi connectivity index (χ0n) is 11.5. The number of sulfone groups is 1. The van der Waals surface area contributed by atoms with Crippen molar-refractivity contribution < 1.29 is 21.2 Å². The van der Waals surface area contributed by atoms with E-state index in [2.05, 4.69) is 4.72 Å². The Kier molecular flexibility index (Phi) is 4.27. The van der Waals surface area contributed by atoms with Crippen molar-refractivity contribution >= 4 is 25.5 Å². The summed E-state index contributed by atoms with van der Waals surface area (Å²) >= 11 is 0. The first-order valence-corrected chi connectivity index (χ1v) is 9.60. The van der Waals surface area contributed by atoms with Gasteiger partial charge in [-0.15, -0.1) is 0 Å². The maximum atomic E-state index is 13.4. The Hall–Kier alpha value is -1.19. The smallest absolute Gasteiger partial charge is 0.240 e. The van der Waals surface area contributed by atoms with Gasteiger partial charge in [0.2, 0.25) is 10.0 Å². The molecule has 2 rings (SSSR count). The Bertz CT molecular complexity index is 736. The topological polar surface area (TPSA) is 106 Å². The summed E-state index contributed by atoms with van der Waals surface area (Å²) in [5, 5.41) is -0.703. The lowest BCUT2D eigenvalue weighted by atomic mass is 10.2. The first-order valence-electron chi connectivity index (χ1n) is 6.40. The van der Waals surface area contributed by atoms with Crippen LogP contribution < -0.4 is 10.5 Å². The summed E-state index contributed by atoms with van der Waals surface area (Å²) in [6.45, 7) is 1.23. The molecule has 1 heterocycles. The van der Waals surface area contributed by atoms with Crippen LogP contribution in [0.1, 0.15) is 18.4 Å². The van der Waals surface area contributed by atoms with Gasteiger partial charge in [0.05, 0.1) is 21.6 Å². The van der Waals surface area contributed by atoms with E-state index < -0.39 is 30.9 Å². The molecule has 0 aliphatic carbocycles. The molecule has 6 nitrogen and oxygen atoms in total. The number of rotatable bonds is 4. The van der Waals surface area contributed by atoms with Gasteiger partial charge in [-0.1, -0.05) is 0 Å². The van der Waals surface area contributed by atoms with Gasteiger partial charge in [0.15, 0.2) is 9.84 Å². The first-order chi connectivity index (χ1) is 9.63. The van der Waals surface area contributed by atoms with Crippen LogP contribution in [0.4, 0.5) is 10.1 Å². The van der Waals surface area contributed by atoms with E-state index in [-0.39, 0.29) is 28.4 Å². The fraction of sp³-hybridized carbons (Fsp3) is 0.500. The molecule has 0 amide bonds. The van der Waals surface area contributed by atoms with E-state index >= 15 is 0 Å². The van der Waals surface area contributed by atoms with Gasteiger partial charge in [0.25, 0.3) is 0 Å². The van der Waals surface area contributed by atoms with Crippen LogP contribution in [0.15, 0.2) is 17.0 Å². The fourth-order valence-corrected chi connectivity index (χ4v) is 5.36. The second-order valence-corrected chi connectivity index (χ2v) is 9.29. The number of aryl methyl sites for hydroxylation is 1. The maximum absolute atomic E-state index is 13.4. The number of anilines is 1. The highest BCUT2D eigenvalue weighted by atomic mass is 32.2. The van der Waals surface area contributed by atoms with Gasteiger partial charge in [-0.3, -0.25) is 0 Å². The largest absolute Gasteiger partial charge is 0.396 e. The number of nitrogen functional groups attached to an aromatic ring is 1. The molecule has 118 valence electrons. The molecule has 1 fully saturated rings. The zero-order chi connectivity index (χ0) is 15.8. The molecule has 21 heavy (non-hydrogen) atoms. The number of sulfonamides is 1. The van der Waals surface area contributed by atoms with Gasteiger partial charge >= 0.3 is 0 Å². The molecule has 1 aliphatic heterocycles. The number of hydrogen-bond acceptors (Lipinski definition) is 5. The molecule has 0 saturated carbocycles. The van der Waals surface area contributed by atoms with Gasteiger partial charge in [-0.25, -0.2) is 25.9 Å².